The Kier molecular flexibility index (Phi) is 2.50. The zero-order valence-corrected chi connectivity index (χ0v) is 8.05. The van der Waals surface area contributed by atoms with Crippen LogP contribution in [0.2, 0.25) is 0 Å². The van der Waals surface area contributed by atoms with E-state index in [9.17, 15) is 9.90 Å². The van der Waals surface area contributed by atoms with Crippen LogP contribution in [-0.4, -0.2) is 11.4 Å². The summed E-state index contributed by atoms with van der Waals surface area (Å²) in [4.78, 5) is 10.5. The monoisotopic (exact) mass is 198 g/mol. The first-order chi connectivity index (χ1) is 7.31. The van der Waals surface area contributed by atoms with Gasteiger partial charge in [-0.15, -0.1) is 0 Å². The van der Waals surface area contributed by atoms with Crippen LogP contribution in [0.4, 0.5) is 0 Å². The fraction of sp³-hybridized carbons (Fsp3) is 0. The van der Waals surface area contributed by atoms with Crippen molar-refractivity contribution in [2.24, 2.45) is 0 Å². The van der Waals surface area contributed by atoms with E-state index < -0.39 is 0 Å². The molecule has 0 fully saturated rings. The van der Waals surface area contributed by atoms with Crippen molar-refractivity contribution in [1.29, 1.82) is 0 Å². The summed E-state index contributed by atoms with van der Waals surface area (Å²) in [5, 5.41) is 9.72. The number of benzene rings is 2. The van der Waals surface area contributed by atoms with Gasteiger partial charge in [-0.25, -0.2) is 0 Å². The molecule has 0 aliphatic rings. The maximum atomic E-state index is 10.5. The first-order valence-electron chi connectivity index (χ1n) is 4.65. The van der Waals surface area contributed by atoms with Crippen LogP contribution in [0.15, 0.2) is 48.5 Å². The van der Waals surface area contributed by atoms with Gasteiger partial charge in [-0.3, -0.25) is 4.79 Å². The van der Waals surface area contributed by atoms with E-state index in [4.69, 9.17) is 0 Å². The first kappa shape index (κ1) is 9.46. The number of carbonyl (C=O) groups is 1. The highest BCUT2D eigenvalue weighted by molar-refractivity contribution is 5.80. The lowest BCUT2D eigenvalue weighted by molar-refractivity contribution is 0.112. The molecule has 0 radical (unpaired) electrons. The van der Waals surface area contributed by atoms with Crippen LogP contribution in [0.1, 0.15) is 10.4 Å². The summed E-state index contributed by atoms with van der Waals surface area (Å²) in [7, 11) is 0. The van der Waals surface area contributed by atoms with E-state index in [1.54, 1.807) is 12.1 Å². The predicted octanol–water partition coefficient (Wildman–Crippen LogP) is 2.87. The molecule has 0 atom stereocenters. The van der Waals surface area contributed by atoms with Gasteiger partial charge in [0.2, 0.25) is 0 Å². The van der Waals surface area contributed by atoms with Gasteiger partial charge in [-0.2, -0.15) is 0 Å². The van der Waals surface area contributed by atoms with Gasteiger partial charge in [0.25, 0.3) is 0 Å². The number of aldehydes is 1. The summed E-state index contributed by atoms with van der Waals surface area (Å²) in [6.07, 6.45) is 0.717. The molecule has 2 aromatic rings. The smallest absolute Gasteiger partial charge is 0.150 e. The molecule has 15 heavy (non-hydrogen) atoms. The predicted molar refractivity (Wildman–Crippen MR) is 58.9 cm³/mol. The SMILES string of the molecule is O=Cc1ccc(-c2ccccc2)c(O)c1. The molecule has 74 valence electrons. The second kappa shape index (κ2) is 3.96. The Morgan fingerprint density at radius 3 is 2.33 bits per heavy atom. The summed E-state index contributed by atoms with van der Waals surface area (Å²) in [6, 6.07) is 14.5. The fourth-order valence-corrected chi connectivity index (χ4v) is 1.48. The van der Waals surface area contributed by atoms with Crippen molar-refractivity contribution in [2.75, 3.05) is 0 Å². The number of hydrogen-bond donors (Lipinski definition) is 1. The molecule has 2 nitrogen and oxygen atoms in total. The molecule has 0 aromatic heterocycles. The number of phenols is 1. The van der Waals surface area contributed by atoms with Crippen molar-refractivity contribution in [1.82, 2.24) is 0 Å². The van der Waals surface area contributed by atoms with E-state index in [1.807, 2.05) is 30.3 Å². The van der Waals surface area contributed by atoms with Crippen molar-refractivity contribution in [3.63, 3.8) is 0 Å². The molecule has 0 unspecified atom stereocenters. The summed E-state index contributed by atoms with van der Waals surface area (Å²) < 4.78 is 0. The number of hydrogen-bond acceptors (Lipinski definition) is 2. The molecular formula is C13H10O2. The third kappa shape index (κ3) is 1.89. The van der Waals surface area contributed by atoms with Gasteiger partial charge >= 0.3 is 0 Å². The van der Waals surface area contributed by atoms with Crippen LogP contribution in [0.25, 0.3) is 11.1 Å². The van der Waals surface area contributed by atoms with Crippen LogP contribution in [0, 0.1) is 0 Å². The highest BCUT2D eigenvalue weighted by Gasteiger charge is 2.03. The average Bonchev–Trinajstić information content (AvgIpc) is 2.30. The Morgan fingerprint density at radius 1 is 1.00 bits per heavy atom. The van der Waals surface area contributed by atoms with Crippen molar-refractivity contribution in [2.45, 2.75) is 0 Å². The third-order valence-electron chi connectivity index (χ3n) is 2.24. The molecule has 2 rings (SSSR count). The lowest BCUT2D eigenvalue weighted by atomic mass is 10.0. The third-order valence-corrected chi connectivity index (χ3v) is 2.24. The van der Waals surface area contributed by atoms with Crippen molar-refractivity contribution in [3.8, 4) is 16.9 Å². The van der Waals surface area contributed by atoms with Crippen molar-refractivity contribution in [3.05, 3.63) is 54.1 Å². The number of rotatable bonds is 2. The molecule has 0 bridgehead atoms. The Bertz CT molecular complexity index is 475. The quantitative estimate of drug-likeness (QED) is 0.753. The molecule has 0 heterocycles. The number of carbonyl (C=O) groups excluding carboxylic acids is 1. The van der Waals surface area contributed by atoms with Gasteiger partial charge < -0.3 is 5.11 Å². The minimum Gasteiger partial charge on any atom is -0.507 e. The molecule has 0 aliphatic heterocycles. The zero-order valence-electron chi connectivity index (χ0n) is 8.05. The van der Waals surface area contributed by atoms with E-state index in [0.717, 1.165) is 11.1 Å². The van der Waals surface area contributed by atoms with Gasteiger partial charge in [0.1, 0.15) is 12.0 Å². The van der Waals surface area contributed by atoms with Crippen LogP contribution >= 0.6 is 0 Å². The van der Waals surface area contributed by atoms with Gasteiger partial charge in [-0.1, -0.05) is 36.4 Å². The Labute approximate surface area is 87.8 Å². The van der Waals surface area contributed by atoms with E-state index in [0.29, 0.717) is 11.8 Å². The highest BCUT2D eigenvalue weighted by atomic mass is 16.3. The van der Waals surface area contributed by atoms with E-state index >= 15 is 0 Å². The van der Waals surface area contributed by atoms with Gasteiger partial charge in [0.15, 0.2) is 0 Å². The minimum atomic E-state index is 0.130. The molecule has 2 aromatic carbocycles. The van der Waals surface area contributed by atoms with Crippen LogP contribution in [-0.2, 0) is 0 Å². The first-order valence-corrected chi connectivity index (χ1v) is 4.65. The van der Waals surface area contributed by atoms with Crippen molar-refractivity contribution < 1.29 is 9.90 Å². The molecule has 0 spiro atoms. The molecule has 0 aliphatic carbocycles. The van der Waals surface area contributed by atoms with Gasteiger partial charge in [-0.05, 0) is 17.7 Å². The normalized spacial score (nSPS) is 9.87. The molecule has 1 N–H and O–H groups in total. The maximum Gasteiger partial charge on any atom is 0.150 e. The van der Waals surface area contributed by atoms with Gasteiger partial charge in [0.05, 0.1) is 0 Å². The molecule has 2 heteroatoms. The summed E-state index contributed by atoms with van der Waals surface area (Å²) in [5.74, 6) is 0.130. The lowest BCUT2D eigenvalue weighted by Crippen LogP contribution is -1.82. The highest BCUT2D eigenvalue weighted by Crippen LogP contribution is 2.29. The summed E-state index contributed by atoms with van der Waals surface area (Å²) in [6.45, 7) is 0. The molecule has 0 saturated carbocycles. The van der Waals surface area contributed by atoms with Gasteiger partial charge in [0, 0.05) is 11.1 Å². The molecule has 0 amide bonds. The zero-order chi connectivity index (χ0) is 10.7. The van der Waals surface area contributed by atoms with E-state index in [-0.39, 0.29) is 5.75 Å². The fourth-order valence-electron chi connectivity index (χ4n) is 1.48. The Hall–Kier alpha value is -2.09. The average molecular weight is 198 g/mol. The standard InChI is InChI=1S/C13H10O2/c14-9-10-6-7-12(13(15)8-10)11-4-2-1-3-5-11/h1-9,15H. The number of aromatic hydroxyl groups is 1. The maximum absolute atomic E-state index is 10.5. The number of phenolic OH excluding ortho intramolecular Hbond substituents is 1. The summed E-state index contributed by atoms with van der Waals surface area (Å²) in [5.41, 5.74) is 2.15. The van der Waals surface area contributed by atoms with Crippen LogP contribution < -0.4 is 0 Å². The Balaban J connectivity index is 2.51. The van der Waals surface area contributed by atoms with Crippen LogP contribution in [0.5, 0.6) is 5.75 Å². The van der Waals surface area contributed by atoms with Crippen LogP contribution in [0.3, 0.4) is 0 Å². The largest absolute Gasteiger partial charge is 0.507 e. The second-order valence-corrected chi connectivity index (χ2v) is 3.26. The Morgan fingerprint density at radius 2 is 1.73 bits per heavy atom. The molecular weight excluding hydrogens is 188 g/mol. The second-order valence-electron chi connectivity index (χ2n) is 3.26. The van der Waals surface area contributed by atoms with Crippen molar-refractivity contribution >= 4 is 6.29 Å². The summed E-state index contributed by atoms with van der Waals surface area (Å²) >= 11 is 0. The minimum absolute atomic E-state index is 0.130. The van der Waals surface area contributed by atoms with E-state index in [1.165, 1.54) is 6.07 Å². The lowest BCUT2D eigenvalue weighted by Gasteiger charge is -2.04. The topological polar surface area (TPSA) is 37.3 Å². The van der Waals surface area contributed by atoms with E-state index in [2.05, 4.69) is 0 Å². The molecule has 0 saturated heterocycles.